The maximum atomic E-state index is 15.2. The predicted molar refractivity (Wildman–Crippen MR) is 145 cm³/mol. The maximum absolute atomic E-state index is 15.2. The fourth-order valence-corrected chi connectivity index (χ4v) is 4.37. The third-order valence-electron chi connectivity index (χ3n) is 6.51. The summed E-state index contributed by atoms with van der Waals surface area (Å²) in [5.41, 5.74) is 5.27. The lowest BCUT2D eigenvalue weighted by molar-refractivity contribution is -0.117. The summed E-state index contributed by atoms with van der Waals surface area (Å²) in [6.45, 7) is 5.42. The number of carbonyl (C=O) groups is 1. The number of pyridine rings is 2. The van der Waals surface area contributed by atoms with Gasteiger partial charge in [-0.1, -0.05) is 0 Å². The maximum Gasteiger partial charge on any atom is 0.227 e. The lowest BCUT2D eigenvalue weighted by Crippen LogP contribution is -2.13. The van der Waals surface area contributed by atoms with Crippen molar-refractivity contribution in [1.82, 2.24) is 30.1 Å². The van der Waals surface area contributed by atoms with Crippen LogP contribution in [-0.4, -0.2) is 49.8 Å². The number of fused-ring (bicyclic) bond motifs is 2. The standard InChI is InChI=1S/C27H24FN9O/c1-14(29-2)13-37(3)22-6-7-31-25-24(22)33-26(34-25)23-19-9-18(20(28)10-21(19)35-36-23)16-8-17(12-30-11-16)32-27(38)15-4-5-15/h6-13,15H,2,4-5H2,1,3H3,(H,32,38)(H,35,36)(H,31,33,34)/b14-13-. The minimum Gasteiger partial charge on any atom is -0.347 e. The van der Waals surface area contributed by atoms with Crippen molar-refractivity contribution in [3.63, 3.8) is 0 Å². The second kappa shape index (κ2) is 9.18. The average Bonchev–Trinajstić information content (AvgIpc) is 3.56. The van der Waals surface area contributed by atoms with Gasteiger partial charge in [0.05, 0.1) is 28.8 Å². The highest BCUT2D eigenvalue weighted by Crippen LogP contribution is 2.34. The van der Waals surface area contributed by atoms with E-state index in [1.54, 1.807) is 30.7 Å². The van der Waals surface area contributed by atoms with Gasteiger partial charge >= 0.3 is 0 Å². The summed E-state index contributed by atoms with van der Waals surface area (Å²) in [4.78, 5) is 34.7. The van der Waals surface area contributed by atoms with Crippen molar-refractivity contribution in [2.45, 2.75) is 19.8 Å². The Labute approximate surface area is 216 Å². The van der Waals surface area contributed by atoms with E-state index in [2.05, 4.69) is 42.2 Å². The molecule has 1 aliphatic carbocycles. The molecule has 1 saturated carbocycles. The van der Waals surface area contributed by atoms with Crippen molar-refractivity contribution in [2.75, 3.05) is 17.3 Å². The first-order chi connectivity index (χ1) is 18.4. The van der Waals surface area contributed by atoms with Gasteiger partial charge in [-0.2, -0.15) is 5.10 Å². The number of aliphatic imine (C=N–C) groups is 1. The molecule has 0 saturated heterocycles. The molecular weight excluding hydrogens is 485 g/mol. The van der Waals surface area contributed by atoms with Crippen molar-refractivity contribution in [3.8, 4) is 22.6 Å². The van der Waals surface area contributed by atoms with Crippen LogP contribution < -0.4 is 10.2 Å². The van der Waals surface area contributed by atoms with Gasteiger partial charge in [-0.25, -0.2) is 14.4 Å². The largest absolute Gasteiger partial charge is 0.347 e. The molecule has 1 aliphatic rings. The lowest BCUT2D eigenvalue weighted by Gasteiger charge is -2.14. The molecule has 3 N–H and O–H groups in total. The quantitative estimate of drug-likeness (QED) is 0.264. The van der Waals surface area contributed by atoms with E-state index in [9.17, 15) is 4.79 Å². The first-order valence-electron chi connectivity index (χ1n) is 12.1. The van der Waals surface area contributed by atoms with Gasteiger partial charge in [0.1, 0.15) is 17.0 Å². The van der Waals surface area contributed by atoms with Gasteiger partial charge in [-0.15, -0.1) is 0 Å². The third-order valence-corrected chi connectivity index (χ3v) is 6.51. The fraction of sp³-hybridized carbons (Fsp3) is 0.185. The van der Waals surface area contributed by atoms with Crippen LogP contribution in [0.3, 0.4) is 0 Å². The minimum atomic E-state index is -0.437. The van der Waals surface area contributed by atoms with Crippen LogP contribution in [0.15, 0.2) is 59.7 Å². The van der Waals surface area contributed by atoms with Gasteiger partial charge in [0.25, 0.3) is 0 Å². The number of imidazole rings is 1. The first-order valence-corrected chi connectivity index (χ1v) is 12.1. The molecule has 38 heavy (non-hydrogen) atoms. The Morgan fingerprint density at radius 3 is 2.92 bits per heavy atom. The number of allylic oxidation sites excluding steroid dienone is 1. The number of amides is 1. The van der Waals surface area contributed by atoms with E-state index in [4.69, 9.17) is 4.98 Å². The predicted octanol–water partition coefficient (Wildman–Crippen LogP) is 5.05. The highest BCUT2D eigenvalue weighted by molar-refractivity contribution is 5.98. The molecule has 0 unspecified atom stereocenters. The monoisotopic (exact) mass is 509 g/mol. The summed E-state index contributed by atoms with van der Waals surface area (Å²) in [7, 11) is 1.89. The van der Waals surface area contributed by atoms with Crippen molar-refractivity contribution in [2.24, 2.45) is 10.9 Å². The SMILES string of the molecule is C=N/C(C)=C\N(C)c1ccnc2[nH]c(-c3n[nH]c4cc(F)c(-c5cncc(NC(=O)C6CC6)c5)cc34)nc12. The van der Waals surface area contributed by atoms with Gasteiger partial charge in [0.15, 0.2) is 11.5 Å². The number of benzene rings is 1. The van der Waals surface area contributed by atoms with E-state index in [0.29, 0.717) is 50.4 Å². The number of rotatable bonds is 7. The fourth-order valence-electron chi connectivity index (χ4n) is 4.37. The number of H-pyrrole nitrogens is 2. The van der Waals surface area contributed by atoms with Crippen LogP contribution in [0.1, 0.15) is 19.8 Å². The lowest BCUT2D eigenvalue weighted by atomic mass is 10.0. The summed E-state index contributed by atoms with van der Waals surface area (Å²) in [6, 6.07) is 6.69. The zero-order valence-electron chi connectivity index (χ0n) is 20.8. The average molecular weight is 510 g/mol. The Hall–Kier alpha value is -4.93. The van der Waals surface area contributed by atoms with Crippen LogP contribution in [-0.2, 0) is 4.79 Å². The number of hydrogen-bond acceptors (Lipinski definition) is 7. The second-order valence-electron chi connectivity index (χ2n) is 9.33. The molecule has 6 rings (SSSR count). The van der Waals surface area contributed by atoms with Crippen LogP contribution in [0.5, 0.6) is 0 Å². The van der Waals surface area contributed by atoms with Crippen LogP contribution >= 0.6 is 0 Å². The Morgan fingerprint density at radius 1 is 1.29 bits per heavy atom. The van der Waals surface area contributed by atoms with E-state index in [1.165, 1.54) is 6.07 Å². The highest BCUT2D eigenvalue weighted by atomic mass is 19.1. The molecule has 5 aromatic rings. The van der Waals surface area contributed by atoms with Crippen LogP contribution in [0.2, 0.25) is 0 Å². The number of carbonyl (C=O) groups excluding carboxylic acids is 1. The number of aromatic nitrogens is 6. The molecule has 190 valence electrons. The van der Waals surface area contributed by atoms with Gasteiger partial charge in [0, 0.05) is 54.1 Å². The van der Waals surface area contributed by atoms with E-state index < -0.39 is 5.82 Å². The highest BCUT2D eigenvalue weighted by Gasteiger charge is 2.29. The molecule has 10 nitrogen and oxygen atoms in total. The number of hydrogen-bond donors (Lipinski definition) is 3. The third kappa shape index (κ3) is 4.27. The number of anilines is 2. The van der Waals surface area contributed by atoms with Crippen molar-refractivity contribution in [1.29, 1.82) is 0 Å². The molecule has 0 bridgehead atoms. The molecule has 1 amide bonds. The van der Waals surface area contributed by atoms with Gasteiger partial charge in [-0.3, -0.25) is 19.9 Å². The molecule has 1 aromatic carbocycles. The van der Waals surface area contributed by atoms with E-state index in [0.717, 1.165) is 24.2 Å². The summed E-state index contributed by atoms with van der Waals surface area (Å²) in [5.74, 6) is 0.0704. The molecule has 1 fully saturated rings. The molecular formula is C27H24FN9O. The smallest absolute Gasteiger partial charge is 0.227 e. The Balaban J connectivity index is 1.40. The topological polar surface area (TPSA) is 128 Å². The molecule has 0 radical (unpaired) electrons. The first kappa shape index (κ1) is 23.5. The summed E-state index contributed by atoms with van der Waals surface area (Å²) >= 11 is 0. The van der Waals surface area contributed by atoms with E-state index >= 15 is 4.39 Å². The number of nitrogens with one attached hydrogen (secondary N) is 3. The Morgan fingerprint density at radius 2 is 2.13 bits per heavy atom. The molecule has 4 heterocycles. The zero-order chi connectivity index (χ0) is 26.4. The molecule has 0 atom stereocenters. The van der Waals surface area contributed by atoms with Gasteiger partial charge in [-0.05, 0) is 44.7 Å². The van der Waals surface area contributed by atoms with Crippen molar-refractivity contribution >= 4 is 46.1 Å². The van der Waals surface area contributed by atoms with Gasteiger partial charge < -0.3 is 15.2 Å². The van der Waals surface area contributed by atoms with E-state index in [1.807, 2.05) is 31.1 Å². The normalized spacial score (nSPS) is 13.7. The van der Waals surface area contributed by atoms with Crippen LogP contribution in [0.4, 0.5) is 15.8 Å². The summed E-state index contributed by atoms with van der Waals surface area (Å²) in [5, 5.41) is 10.9. The summed E-state index contributed by atoms with van der Waals surface area (Å²) in [6.07, 6.45) is 8.46. The Kier molecular flexibility index (Phi) is 5.67. The van der Waals surface area contributed by atoms with Gasteiger partial charge in [0.2, 0.25) is 5.91 Å². The number of nitrogens with zero attached hydrogens (tertiary/aromatic N) is 6. The zero-order valence-corrected chi connectivity index (χ0v) is 20.8. The molecule has 0 spiro atoms. The summed E-state index contributed by atoms with van der Waals surface area (Å²) < 4.78 is 15.2. The number of aromatic amines is 2. The van der Waals surface area contributed by atoms with Crippen molar-refractivity contribution in [3.05, 3.63) is 60.6 Å². The Bertz CT molecular complexity index is 1750. The number of halogens is 1. The minimum absolute atomic E-state index is 0.0353. The second-order valence-corrected chi connectivity index (χ2v) is 9.33. The van der Waals surface area contributed by atoms with Crippen LogP contribution in [0.25, 0.3) is 44.7 Å². The van der Waals surface area contributed by atoms with Crippen molar-refractivity contribution < 1.29 is 9.18 Å². The molecule has 11 heteroatoms. The molecule has 4 aromatic heterocycles. The molecule has 0 aliphatic heterocycles. The van der Waals surface area contributed by atoms with Crippen LogP contribution in [0, 0.1) is 11.7 Å². The van der Waals surface area contributed by atoms with E-state index in [-0.39, 0.29) is 11.8 Å².